The number of hydrogen-bond donors (Lipinski definition) is 4. The summed E-state index contributed by atoms with van der Waals surface area (Å²) in [6.45, 7) is 0. The zero-order chi connectivity index (χ0) is 10.1. The largest absolute Gasteiger partial charge is 0.481 e. The highest BCUT2D eigenvalue weighted by atomic mass is 32.2. The molecule has 0 amide bonds. The van der Waals surface area contributed by atoms with Crippen LogP contribution in [0, 0.1) is 0 Å². The molecule has 0 saturated carbocycles. The number of hydrogen-bond acceptors (Lipinski definition) is 4. The number of carboxylic acids is 2. The van der Waals surface area contributed by atoms with Crippen molar-refractivity contribution in [3.8, 4) is 0 Å². The molecule has 0 unspecified atom stereocenters. The summed E-state index contributed by atoms with van der Waals surface area (Å²) in [7, 11) is -3.12. The van der Waals surface area contributed by atoms with Crippen LogP contribution < -0.4 is 0 Å². The lowest BCUT2D eigenvalue weighted by Gasteiger charge is -1.85. The molecule has 0 aliphatic carbocycles. The number of aliphatic carboxylic acids is 2. The van der Waals surface area contributed by atoms with Gasteiger partial charge in [0.2, 0.25) is 0 Å². The average Bonchev–Trinajstić information content (AvgIpc) is 1.82. The summed E-state index contributed by atoms with van der Waals surface area (Å²) in [6, 6.07) is 0. The number of carbonyl (C=O) groups is 2. The lowest BCUT2D eigenvalue weighted by Crippen LogP contribution is -2.00. The molecule has 0 aromatic rings. The summed E-state index contributed by atoms with van der Waals surface area (Å²) < 4.78 is 24.2. The van der Waals surface area contributed by atoms with Crippen molar-refractivity contribution in [3.05, 3.63) is 0 Å². The van der Waals surface area contributed by atoms with Crippen LogP contribution in [-0.4, -0.2) is 35.1 Å². The third kappa shape index (κ3) is 36.8. The first-order chi connectivity index (χ1) is 5.36. The fraction of sp³-hybridized carbons (Fsp3) is 0.500. The summed E-state index contributed by atoms with van der Waals surface area (Å²) in [5.74, 6) is -2.15. The molecule has 8 heteroatoms. The zero-order valence-electron chi connectivity index (χ0n) is 5.84. The van der Waals surface area contributed by atoms with Crippen molar-refractivity contribution in [2.75, 3.05) is 0 Å². The second-order valence-electron chi connectivity index (χ2n) is 1.53. The minimum atomic E-state index is -3.12. The molecule has 0 radical (unpaired) electrons. The van der Waals surface area contributed by atoms with E-state index >= 15 is 0 Å². The van der Waals surface area contributed by atoms with E-state index in [0.29, 0.717) is 0 Å². The van der Waals surface area contributed by atoms with Gasteiger partial charge in [0.05, 0.1) is 12.8 Å². The Morgan fingerprint density at radius 1 is 1.00 bits per heavy atom. The quantitative estimate of drug-likeness (QED) is 0.340. The van der Waals surface area contributed by atoms with Gasteiger partial charge >= 0.3 is 11.9 Å². The summed E-state index contributed by atoms with van der Waals surface area (Å²) in [5.41, 5.74) is 0. The van der Waals surface area contributed by atoms with Crippen LogP contribution in [0.1, 0.15) is 12.8 Å². The van der Waals surface area contributed by atoms with Gasteiger partial charge in [-0.1, -0.05) is 0 Å². The van der Waals surface area contributed by atoms with E-state index < -0.39 is 22.9 Å². The number of carboxylic acid groups (broad SMARTS) is 2. The van der Waals surface area contributed by atoms with Crippen molar-refractivity contribution in [3.63, 3.8) is 0 Å². The zero-order valence-corrected chi connectivity index (χ0v) is 6.73. The third-order valence-electron chi connectivity index (χ3n) is 0.553. The minimum Gasteiger partial charge on any atom is -0.481 e. The molecule has 12 heavy (non-hydrogen) atoms. The Morgan fingerprint density at radius 2 is 1.17 bits per heavy atom. The average molecular weight is 200 g/mol. The van der Waals surface area contributed by atoms with Gasteiger partial charge in [-0.3, -0.25) is 14.1 Å². The van der Waals surface area contributed by atoms with Crippen molar-refractivity contribution in [2.45, 2.75) is 12.8 Å². The minimum absolute atomic E-state index is 0.296. The molecular weight excluding hydrogens is 192 g/mol. The van der Waals surface area contributed by atoms with E-state index in [0.717, 1.165) is 0 Å². The van der Waals surface area contributed by atoms with Crippen LogP contribution in [0.25, 0.3) is 0 Å². The molecule has 0 rings (SSSR count). The molecule has 7 nitrogen and oxygen atoms in total. The highest BCUT2D eigenvalue weighted by molar-refractivity contribution is 7.66. The summed E-state index contributed by atoms with van der Waals surface area (Å²) in [5, 5.41) is 15.8. The maximum Gasteiger partial charge on any atom is 0.303 e. The van der Waals surface area contributed by atoms with Gasteiger partial charge in [-0.25, -0.2) is 8.42 Å². The Labute approximate surface area is 69.4 Å². The second-order valence-corrected chi connectivity index (χ2v) is 2.00. The maximum atomic E-state index is 9.64. The lowest BCUT2D eigenvalue weighted by molar-refractivity contribution is -0.143. The van der Waals surface area contributed by atoms with Crippen molar-refractivity contribution >= 4 is 22.9 Å². The Bertz CT molecular complexity index is 195. The van der Waals surface area contributed by atoms with Crippen molar-refractivity contribution in [1.29, 1.82) is 0 Å². The monoisotopic (exact) mass is 200 g/mol. The van der Waals surface area contributed by atoms with Crippen LogP contribution in [0.15, 0.2) is 0 Å². The molecule has 0 aromatic heterocycles. The first-order valence-corrected chi connectivity index (χ1v) is 3.76. The van der Waals surface area contributed by atoms with Gasteiger partial charge in [0.15, 0.2) is 0 Å². The van der Waals surface area contributed by atoms with Gasteiger partial charge in [0.25, 0.3) is 11.0 Å². The van der Waals surface area contributed by atoms with E-state index in [4.69, 9.17) is 23.2 Å². The molecule has 0 heterocycles. The van der Waals surface area contributed by atoms with E-state index in [1.807, 2.05) is 0 Å². The Hall–Kier alpha value is -1.15. The predicted octanol–water partition coefficient (Wildman–Crippen LogP) is -0.993. The third-order valence-corrected chi connectivity index (χ3v) is 0.553. The van der Waals surface area contributed by atoms with Crippen LogP contribution in [0.4, 0.5) is 0 Å². The topological polar surface area (TPSA) is 129 Å². The standard InChI is InChI=1S/C4H6O4.H2O3S/c5-3(6)1-2-4(7)8;1-4(2)3/h1-2H2,(H,5,6)(H,7,8);4H,(H,1,2,3). The molecule has 0 bridgehead atoms. The molecule has 0 aliphatic heterocycles. The van der Waals surface area contributed by atoms with Crippen LogP contribution in [0.3, 0.4) is 0 Å². The van der Waals surface area contributed by atoms with Crippen LogP contribution >= 0.6 is 0 Å². The van der Waals surface area contributed by atoms with Crippen LogP contribution in [-0.2, 0) is 20.6 Å². The fourth-order valence-corrected chi connectivity index (χ4v) is 0.214. The summed E-state index contributed by atoms with van der Waals surface area (Å²) in [6.07, 6.45) is -0.593. The van der Waals surface area contributed by atoms with Crippen molar-refractivity contribution in [2.24, 2.45) is 0 Å². The SMILES string of the molecule is O=C(O)CCC(=O)O.O=[SH](=O)O. The summed E-state index contributed by atoms with van der Waals surface area (Å²) >= 11 is 0. The highest BCUT2D eigenvalue weighted by Crippen LogP contribution is 1.85. The smallest absolute Gasteiger partial charge is 0.303 e. The lowest BCUT2D eigenvalue weighted by atomic mass is 10.3. The molecule has 0 aromatic carbocycles. The number of thiol groups is 1. The van der Waals surface area contributed by atoms with Gasteiger partial charge in [-0.2, -0.15) is 0 Å². The first kappa shape index (κ1) is 13.4. The van der Waals surface area contributed by atoms with E-state index in [-0.39, 0.29) is 12.8 Å². The van der Waals surface area contributed by atoms with E-state index in [1.54, 1.807) is 0 Å². The Balaban J connectivity index is 0. The molecule has 0 spiro atoms. The number of rotatable bonds is 3. The van der Waals surface area contributed by atoms with E-state index in [2.05, 4.69) is 0 Å². The molecular formula is C4H8O7S. The summed E-state index contributed by atoms with van der Waals surface area (Å²) in [4.78, 5) is 19.3. The molecule has 0 aliphatic rings. The van der Waals surface area contributed by atoms with Crippen molar-refractivity contribution in [1.82, 2.24) is 0 Å². The van der Waals surface area contributed by atoms with Gasteiger partial charge in [0, 0.05) is 0 Å². The maximum absolute atomic E-state index is 9.64. The second kappa shape index (κ2) is 7.95. The highest BCUT2D eigenvalue weighted by Gasteiger charge is 2.00. The normalized spacial score (nSPS) is 8.50. The molecule has 0 fully saturated rings. The van der Waals surface area contributed by atoms with E-state index in [1.165, 1.54) is 0 Å². The Kier molecular flexibility index (Phi) is 8.91. The fourth-order valence-electron chi connectivity index (χ4n) is 0.214. The van der Waals surface area contributed by atoms with Crippen LogP contribution in [0.2, 0.25) is 0 Å². The molecule has 0 saturated heterocycles. The Morgan fingerprint density at radius 3 is 1.25 bits per heavy atom. The van der Waals surface area contributed by atoms with Gasteiger partial charge in [0.1, 0.15) is 0 Å². The van der Waals surface area contributed by atoms with Gasteiger partial charge in [-0.05, 0) is 0 Å². The predicted molar refractivity (Wildman–Crippen MR) is 37.4 cm³/mol. The molecule has 0 atom stereocenters. The molecule has 72 valence electrons. The van der Waals surface area contributed by atoms with Crippen molar-refractivity contribution < 1.29 is 32.8 Å². The molecule has 3 N–H and O–H groups in total. The first-order valence-electron chi connectivity index (χ1n) is 2.63. The van der Waals surface area contributed by atoms with Gasteiger partial charge < -0.3 is 10.2 Å². The van der Waals surface area contributed by atoms with Gasteiger partial charge in [-0.15, -0.1) is 0 Å². The van der Waals surface area contributed by atoms with E-state index in [9.17, 15) is 9.59 Å². The van der Waals surface area contributed by atoms with Crippen LogP contribution in [0.5, 0.6) is 0 Å².